The number of hydrogen-bond acceptors (Lipinski definition) is 6. The fourth-order valence-corrected chi connectivity index (χ4v) is 4.83. The molecule has 2 unspecified atom stereocenters. The Labute approximate surface area is 144 Å². The van der Waals surface area contributed by atoms with Crippen LogP contribution in [-0.4, -0.2) is 52.7 Å². The van der Waals surface area contributed by atoms with E-state index in [4.69, 9.17) is 9.47 Å². The quantitative estimate of drug-likeness (QED) is 0.852. The Hall–Kier alpha value is -1.73. The van der Waals surface area contributed by atoms with Crippen LogP contribution in [0.25, 0.3) is 10.2 Å². The zero-order valence-electron chi connectivity index (χ0n) is 13.9. The fourth-order valence-electron chi connectivity index (χ4n) is 3.61. The number of fused-ring (bicyclic) bond motifs is 3. The van der Waals surface area contributed by atoms with E-state index in [0.29, 0.717) is 19.0 Å². The minimum Gasteiger partial charge on any atom is -0.467 e. The third-order valence-corrected chi connectivity index (χ3v) is 5.77. The molecule has 6 nitrogen and oxygen atoms in total. The molecule has 0 N–H and O–H groups in total. The third kappa shape index (κ3) is 2.86. The van der Waals surface area contributed by atoms with Crippen molar-refractivity contribution in [2.75, 3.05) is 19.7 Å². The molecule has 0 aromatic carbocycles. The number of thiophene rings is 1. The summed E-state index contributed by atoms with van der Waals surface area (Å²) in [6, 6.07) is 0. The van der Waals surface area contributed by atoms with E-state index in [1.807, 2.05) is 18.7 Å². The van der Waals surface area contributed by atoms with Gasteiger partial charge in [0.05, 0.1) is 17.6 Å². The van der Waals surface area contributed by atoms with Crippen molar-refractivity contribution >= 4 is 27.5 Å². The van der Waals surface area contributed by atoms with Crippen molar-refractivity contribution in [2.24, 2.45) is 0 Å². The highest BCUT2D eigenvalue weighted by molar-refractivity contribution is 7.18. The number of aromatic nitrogens is 2. The van der Waals surface area contributed by atoms with E-state index < -0.39 is 0 Å². The topological polar surface area (TPSA) is 64.6 Å². The maximum Gasteiger partial charge on any atom is 0.260 e. The molecule has 0 saturated carbocycles. The lowest BCUT2D eigenvalue weighted by molar-refractivity contribution is -0.145. The summed E-state index contributed by atoms with van der Waals surface area (Å²) < 4.78 is 11.5. The summed E-state index contributed by atoms with van der Waals surface area (Å²) in [5.74, 6) is 0.526. The first-order chi connectivity index (χ1) is 11.6. The van der Waals surface area contributed by atoms with E-state index in [0.717, 1.165) is 23.1 Å². The van der Waals surface area contributed by atoms with Crippen molar-refractivity contribution in [1.29, 1.82) is 0 Å². The van der Waals surface area contributed by atoms with E-state index in [9.17, 15) is 4.79 Å². The van der Waals surface area contributed by atoms with Crippen molar-refractivity contribution < 1.29 is 14.3 Å². The number of aryl methyl sites for hydroxylation is 2. The van der Waals surface area contributed by atoms with Crippen molar-refractivity contribution in [2.45, 2.75) is 45.3 Å². The van der Waals surface area contributed by atoms with Crippen molar-refractivity contribution in [3.8, 4) is 5.88 Å². The number of carbonyl (C=O) groups is 1. The van der Waals surface area contributed by atoms with Gasteiger partial charge in [-0.2, -0.15) is 0 Å². The molecular weight excluding hydrogens is 326 g/mol. The maximum atomic E-state index is 12.5. The third-order valence-electron chi connectivity index (χ3n) is 4.57. The standard InChI is InChI=1S/C17H21N3O3S/c1-10-6-20(7-11(2)23-10)14(21)8-22-16-15-12-4-3-5-13(12)24-17(15)19-9-18-16/h9-11H,3-8H2,1-2H3. The lowest BCUT2D eigenvalue weighted by atomic mass is 10.2. The molecule has 4 rings (SSSR count). The molecule has 1 amide bonds. The van der Waals surface area contributed by atoms with Crippen LogP contribution in [0.1, 0.15) is 30.7 Å². The largest absolute Gasteiger partial charge is 0.467 e. The first-order valence-corrected chi connectivity index (χ1v) is 9.24. The van der Waals surface area contributed by atoms with Gasteiger partial charge in [0.2, 0.25) is 5.88 Å². The summed E-state index contributed by atoms with van der Waals surface area (Å²) in [7, 11) is 0. The molecule has 2 atom stereocenters. The molecular formula is C17H21N3O3S. The molecule has 2 aromatic heterocycles. The normalized spacial score (nSPS) is 23.5. The molecule has 0 radical (unpaired) electrons. The first-order valence-electron chi connectivity index (χ1n) is 8.43. The second-order valence-corrected chi connectivity index (χ2v) is 7.64. The summed E-state index contributed by atoms with van der Waals surface area (Å²) >= 11 is 1.72. The maximum absolute atomic E-state index is 12.5. The van der Waals surface area contributed by atoms with E-state index in [-0.39, 0.29) is 24.7 Å². The summed E-state index contributed by atoms with van der Waals surface area (Å²) in [6.45, 7) is 5.20. The molecule has 128 valence electrons. The lowest BCUT2D eigenvalue weighted by Gasteiger charge is -2.35. The number of amides is 1. The Balaban J connectivity index is 1.50. The predicted molar refractivity (Wildman–Crippen MR) is 91.5 cm³/mol. The molecule has 2 aliphatic rings. The summed E-state index contributed by atoms with van der Waals surface area (Å²) in [5, 5.41) is 1.01. The molecule has 7 heteroatoms. The Morgan fingerprint density at radius 2 is 2.12 bits per heavy atom. The Bertz CT molecular complexity index is 766. The second kappa shape index (κ2) is 6.29. The zero-order chi connectivity index (χ0) is 16.7. The number of nitrogens with zero attached hydrogens (tertiary/aromatic N) is 3. The molecule has 2 aromatic rings. The summed E-state index contributed by atoms with van der Waals surface area (Å²) in [6.07, 6.45) is 4.97. The van der Waals surface area contributed by atoms with Gasteiger partial charge in [-0.3, -0.25) is 4.79 Å². The molecule has 3 heterocycles. The molecule has 0 spiro atoms. The van der Waals surface area contributed by atoms with Crippen molar-refractivity contribution in [1.82, 2.24) is 14.9 Å². The van der Waals surface area contributed by atoms with E-state index in [1.54, 1.807) is 11.3 Å². The van der Waals surface area contributed by atoms with Crippen molar-refractivity contribution in [3.63, 3.8) is 0 Å². The van der Waals surface area contributed by atoms with Gasteiger partial charge in [-0.15, -0.1) is 11.3 Å². The number of ether oxygens (including phenoxy) is 2. The van der Waals surface area contributed by atoms with Gasteiger partial charge in [0.25, 0.3) is 5.91 Å². The highest BCUT2D eigenvalue weighted by Crippen LogP contribution is 2.39. The number of carbonyl (C=O) groups excluding carboxylic acids is 1. The molecule has 1 saturated heterocycles. The minimum atomic E-state index is -0.0179. The predicted octanol–water partition coefficient (Wildman–Crippen LogP) is 2.19. The molecule has 1 fully saturated rings. The Morgan fingerprint density at radius 1 is 1.33 bits per heavy atom. The van der Waals surface area contributed by atoms with Crippen LogP contribution in [0.15, 0.2) is 6.33 Å². The number of rotatable bonds is 3. The van der Waals surface area contributed by atoms with Crippen LogP contribution >= 0.6 is 11.3 Å². The lowest BCUT2D eigenvalue weighted by Crippen LogP contribution is -2.49. The van der Waals surface area contributed by atoms with Gasteiger partial charge in [0.1, 0.15) is 11.2 Å². The van der Waals surface area contributed by atoms with Crippen LogP contribution in [0.2, 0.25) is 0 Å². The van der Waals surface area contributed by atoms with Gasteiger partial charge in [0, 0.05) is 18.0 Å². The van der Waals surface area contributed by atoms with Crippen LogP contribution in [0, 0.1) is 0 Å². The second-order valence-electron chi connectivity index (χ2n) is 6.56. The smallest absolute Gasteiger partial charge is 0.260 e. The zero-order valence-corrected chi connectivity index (χ0v) is 14.8. The SMILES string of the molecule is CC1CN(C(=O)COc2ncnc3sc4c(c23)CCC4)CC(C)O1. The Morgan fingerprint density at radius 3 is 2.92 bits per heavy atom. The summed E-state index contributed by atoms with van der Waals surface area (Å²) in [5.41, 5.74) is 1.31. The van der Waals surface area contributed by atoms with Crippen LogP contribution in [0.4, 0.5) is 0 Å². The van der Waals surface area contributed by atoms with Gasteiger partial charge in [0.15, 0.2) is 6.61 Å². The van der Waals surface area contributed by atoms with E-state index >= 15 is 0 Å². The van der Waals surface area contributed by atoms with Gasteiger partial charge in [-0.05, 0) is 38.7 Å². The highest BCUT2D eigenvalue weighted by Gasteiger charge is 2.27. The molecule has 1 aliphatic heterocycles. The monoisotopic (exact) mass is 347 g/mol. The molecule has 0 bridgehead atoms. The van der Waals surface area contributed by atoms with Crippen LogP contribution in [0.5, 0.6) is 5.88 Å². The summed E-state index contributed by atoms with van der Waals surface area (Å²) in [4.78, 5) is 25.3. The van der Waals surface area contributed by atoms with Crippen LogP contribution in [0.3, 0.4) is 0 Å². The minimum absolute atomic E-state index is 0.0101. The van der Waals surface area contributed by atoms with Gasteiger partial charge in [-0.1, -0.05) is 0 Å². The average Bonchev–Trinajstić information content (AvgIpc) is 3.12. The average molecular weight is 347 g/mol. The van der Waals surface area contributed by atoms with Crippen LogP contribution in [-0.2, 0) is 22.4 Å². The van der Waals surface area contributed by atoms with E-state index in [1.165, 1.54) is 23.2 Å². The number of morpholine rings is 1. The Kier molecular flexibility index (Phi) is 4.14. The van der Waals surface area contributed by atoms with Crippen molar-refractivity contribution in [3.05, 3.63) is 16.8 Å². The fraction of sp³-hybridized carbons (Fsp3) is 0.588. The van der Waals surface area contributed by atoms with E-state index in [2.05, 4.69) is 9.97 Å². The van der Waals surface area contributed by atoms with Gasteiger partial charge < -0.3 is 14.4 Å². The first kappa shape index (κ1) is 15.8. The number of hydrogen-bond donors (Lipinski definition) is 0. The van der Waals surface area contributed by atoms with Crippen LogP contribution < -0.4 is 4.74 Å². The van der Waals surface area contributed by atoms with Gasteiger partial charge in [-0.25, -0.2) is 9.97 Å². The molecule has 1 aliphatic carbocycles. The van der Waals surface area contributed by atoms with Gasteiger partial charge >= 0.3 is 0 Å². The molecule has 24 heavy (non-hydrogen) atoms. The highest BCUT2D eigenvalue weighted by atomic mass is 32.1.